The maximum absolute atomic E-state index is 13.0. The summed E-state index contributed by atoms with van der Waals surface area (Å²) in [5, 5.41) is 14.3. The van der Waals surface area contributed by atoms with Gasteiger partial charge in [-0.3, -0.25) is 9.48 Å². The predicted molar refractivity (Wildman–Crippen MR) is 98.4 cm³/mol. The van der Waals surface area contributed by atoms with Gasteiger partial charge in [-0.1, -0.05) is 19.1 Å². The lowest BCUT2D eigenvalue weighted by atomic mass is 9.81. The number of alkyl halides is 3. The van der Waals surface area contributed by atoms with Crippen LogP contribution < -0.4 is 0 Å². The summed E-state index contributed by atoms with van der Waals surface area (Å²) in [7, 11) is 1.46. The fraction of sp³-hybridized carbons (Fsp3) is 0.429. The van der Waals surface area contributed by atoms with E-state index in [0.29, 0.717) is 35.2 Å². The number of Topliss-reactive ketones (excluding diaryl/α,β-unsaturated/α-hetero) is 1. The molecule has 28 heavy (non-hydrogen) atoms. The Labute approximate surface area is 160 Å². The number of fused-ring (bicyclic) bond motifs is 2. The van der Waals surface area contributed by atoms with Crippen LogP contribution in [0, 0.1) is 11.8 Å². The highest BCUT2D eigenvalue weighted by Gasteiger charge is 2.41. The number of benzene rings is 1. The van der Waals surface area contributed by atoms with Crippen LogP contribution in [-0.2, 0) is 24.4 Å². The first-order chi connectivity index (χ1) is 13.2. The molecule has 1 N–H and O–H groups in total. The Morgan fingerprint density at radius 3 is 2.57 bits per heavy atom. The van der Waals surface area contributed by atoms with Gasteiger partial charge in [0.15, 0.2) is 11.5 Å². The molecule has 1 fully saturated rings. The van der Waals surface area contributed by atoms with Gasteiger partial charge in [0.05, 0.1) is 11.3 Å². The minimum absolute atomic E-state index is 0.000373. The number of allylic oxidation sites excluding steroid dienone is 2. The SMILES string of the molecule is CCc1ccc(-c2cc(C(F)(F)F)nn2C)cc1C1=C(O)C2CCC(C2)C1=O. The van der Waals surface area contributed by atoms with Crippen LogP contribution in [0.3, 0.4) is 0 Å². The Bertz CT molecular complexity index is 988. The maximum Gasteiger partial charge on any atom is 0.435 e. The monoisotopic (exact) mass is 390 g/mol. The molecule has 1 aromatic heterocycles. The number of ketones is 1. The lowest BCUT2D eigenvalue weighted by Gasteiger charge is -2.23. The highest BCUT2D eigenvalue weighted by molar-refractivity contribution is 6.23. The summed E-state index contributed by atoms with van der Waals surface area (Å²) in [6.45, 7) is 1.95. The zero-order valence-electron chi connectivity index (χ0n) is 15.7. The van der Waals surface area contributed by atoms with Gasteiger partial charge in [0, 0.05) is 24.4 Å². The molecular weight excluding hydrogens is 369 g/mol. The number of nitrogens with zero attached hydrogens (tertiary/aromatic N) is 2. The van der Waals surface area contributed by atoms with Crippen LogP contribution in [-0.4, -0.2) is 20.7 Å². The van der Waals surface area contributed by atoms with Crippen molar-refractivity contribution in [3.05, 3.63) is 46.8 Å². The Morgan fingerprint density at radius 2 is 1.93 bits per heavy atom. The van der Waals surface area contributed by atoms with E-state index in [1.807, 2.05) is 13.0 Å². The quantitative estimate of drug-likeness (QED) is 0.808. The second-order valence-corrected chi connectivity index (χ2v) is 7.59. The molecule has 148 valence electrons. The molecule has 2 bridgehead atoms. The number of aliphatic hydroxyl groups is 1. The molecule has 1 heterocycles. The van der Waals surface area contributed by atoms with E-state index in [-0.39, 0.29) is 23.4 Å². The van der Waals surface area contributed by atoms with Crippen molar-refractivity contribution in [3.8, 4) is 11.3 Å². The Balaban J connectivity index is 1.86. The predicted octanol–water partition coefficient (Wildman–Crippen LogP) is 4.94. The largest absolute Gasteiger partial charge is 0.511 e. The summed E-state index contributed by atoms with van der Waals surface area (Å²) in [5.74, 6) is 0.00284. The Morgan fingerprint density at radius 1 is 1.21 bits per heavy atom. The average Bonchev–Trinajstić information content (AvgIpc) is 3.25. The van der Waals surface area contributed by atoms with Crippen molar-refractivity contribution in [3.63, 3.8) is 0 Å². The molecule has 2 aromatic rings. The summed E-state index contributed by atoms with van der Waals surface area (Å²) < 4.78 is 40.2. The molecule has 0 saturated heterocycles. The molecule has 1 saturated carbocycles. The van der Waals surface area contributed by atoms with Crippen molar-refractivity contribution in [2.24, 2.45) is 18.9 Å². The van der Waals surface area contributed by atoms with Gasteiger partial charge in [0.1, 0.15) is 5.76 Å². The van der Waals surface area contributed by atoms with Crippen molar-refractivity contribution in [2.75, 3.05) is 0 Å². The third-order valence-corrected chi connectivity index (χ3v) is 5.92. The van der Waals surface area contributed by atoms with Gasteiger partial charge in [-0.15, -0.1) is 0 Å². The number of carbonyl (C=O) groups is 1. The van der Waals surface area contributed by atoms with Gasteiger partial charge in [-0.05, 0) is 48.9 Å². The van der Waals surface area contributed by atoms with Crippen LogP contribution in [0.25, 0.3) is 16.8 Å². The third-order valence-electron chi connectivity index (χ3n) is 5.92. The summed E-state index contributed by atoms with van der Waals surface area (Å²) in [6.07, 6.45) is -1.62. The van der Waals surface area contributed by atoms with Crippen molar-refractivity contribution >= 4 is 11.4 Å². The summed E-state index contributed by atoms with van der Waals surface area (Å²) in [5.41, 5.74) is 1.73. The van der Waals surface area contributed by atoms with Gasteiger partial charge in [0.25, 0.3) is 0 Å². The minimum atomic E-state index is -4.53. The molecule has 0 aliphatic heterocycles. The number of halogens is 3. The number of hydrogen-bond acceptors (Lipinski definition) is 3. The molecule has 2 unspecified atom stereocenters. The van der Waals surface area contributed by atoms with Crippen LogP contribution in [0.5, 0.6) is 0 Å². The molecule has 0 spiro atoms. The number of aryl methyl sites for hydroxylation is 2. The number of aromatic nitrogens is 2. The van der Waals surface area contributed by atoms with E-state index < -0.39 is 11.9 Å². The molecule has 2 atom stereocenters. The van der Waals surface area contributed by atoms with Crippen molar-refractivity contribution in [1.29, 1.82) is 0 Å². The molecule has 4 rings (SSSR count). The molecule has 4 nitrogen and oxygen atoms in total. The van der Waals surface area contributed by atoms with E-state index >= 15 is 0 Å². The van der Waals surface area contributed by atoms with Crippen LogP contribution >= 0.6 is 0 Å². The molecule has 1 aromatic carbocycles. The number of rotatable bonds is 3. The average molecular weight is 390 g/mol. The second-order valence-electron chi connectivity index (χ2n) is 7.59. The summed E-state index contributed by atoms with van der Waals surface area (Å²) in [6, 6.07) is 6.27. The van der Waals surface area contributed by atoms with E-state index in [1.165, 1.54) is 11.7 Å². The van der Waals surface area contributed by atoms with Crippen LogP contribution in [0.1, 0.15) is 43.0 Å². The van der Waals surface area contributed by atoms with Crippen molar-refractivity contribution < 1.29 is 23.1 Å². The van der Waals surface area contributed by atoms with Crippen molar-refractivity contribution in [1.82, 2.24) is 9.78 Å². The van der Waals surface area contributed by atoms with Gasteiger partial charge in [-0.2, -0.15) is 18.3 Å². The minimum Gasteiger partial charge on any atom is -0.511 e. The fourth-order valence-electron chi connectivity index (χ4n) is 4.43. The van der Waals surface area contributed by atoms with Gasteiger partial charge < -0.3 is 5.11 Å². The first-order valence-corrected chi connectivity index (χ1v) is 9.43. The van der Waals surface area contributed by atoms with E-state index in [1.54, 1.807) is 12.1 Å². The summed E-state index contributed by atoms with van der Waals surface area (Å²) >= 11 is 0. The third kappa shape index (κ3) is 2.93. The van der Waals surface area contributed by atoms with E-state index in [9.17, 15) is 23.1 Å². The lowest BCUT2D eigenvalue weighted by molar-refractivity contribution is -0.141. The lowest BCUT2D eigenvalue weighted by Crippen LogP contribution is -2.22. The van der Waals surface area contributed by atoms with Gasteiger partial charge in [0.2, 0.25) is 0 Å². The van der Waals surface area contributed by atoms with Gasteiger partial charge >= 0.3 is 6.18 Å². The number of aliphatic hydroxyl groups excluding tert-OH is 1. The Kier molecular flexibility index (Phi) is 4.36. The van der Waals surface area contributed by atoms with Crippen molar-refractivity contribution in [2.45, 2.75) is 38.8 Å². The number of hydrogen-bond donors (Lipinski definition) is 1. The Hall–Kier alpha value is -2.57. The normalized spacial score (nSPS) is 22.2. The van der Waals surface area contributed by atoms with Crippen LogP contribution in [0.2, 0.25) is 0 Å². The van der Waals surface area contributed by atoms with E-state index in [4.69, 9.17) is 0 Å². The standard InChI is InChI=1S/C21H21F3N2O2/c1-3-11-4-5-12(16-10-17(21(22,23)24)25-26(16)2)9-15(11)18-19(27)13-6-7-14(8-13)20(18)28/h4-5,9-10,13-14,27H,3,6-8H2,1-2H3. The van der Waals surface area contributed by atoms with Gasteiger partial charge in [-0.25, -0.2) is 0 Å². The van der Waals surface area contributed by atoms with E-state index in [0.717, 1.165) is 24.5 Å². The molecular formula is C21H21F3N2O2. The molecule has 2 aliphatic carbocycles. The second kappa shape index (κ2) is 6.50. The molecule has 7 heteroatoms. The highest BCUT2D eigenvalue weighted by atomic mass is 19.4. The highest BCUT2D eigenvalue weighted by Crippen LogP contribution is 2.46. The first-order valence-electron chi connectivity index (χ1n) is 9.43. The van der Waals surface area contributed by atoms with Crippen LogP contribution in [0.4, 0.5) is 13.2 Å². The van der Waals surface area contributed by atoms with E-state index in [2.05, 4.69) is 5.10 Å². The number of carbonyl (C=O) groups excluding carboxylic acids is 1. The zero-order chi connectivity index (χ0) is 20.2. The smallest absolute Gasteiger partial charge is 0.435 e. The topological polar surface area (TPSA) is 55.1 Å². The zero-order valence-corrected chi connectivity index (χ0v) is 15.7. The first kappa shape index (κ1) is 18.8. The fourth-order valence-corrected chi connectivity index (χ4v) is 4.43. The maximum atomic E-state index is 13.0. The molecule has 0 radical (unpaired) electrons. The summed E-state index contributed by atoms with van der Waals surface area (Å²) in [4.78, 5) is 12.9. The van der Waals surface area contributed by atoms with Crippen LogP contribution in [0.15, 0.2) is 30.0 Å². The molecule has 0 amide bonds. The molecule has 2 aliphatic rings.